The Bertz CT molecular complexity index is 688. The third-order valence-corrected chi connectivity index (χ3v) is 4.24. The van der Waals surface area contributed by atoms with Crippen LogP contribution >= 0.6 is 0 Å². The number of hydrogen-bond donors (Lipinski definition) is 1. The third kappa shape index (κ3) is 3.23. The van der Waals surface area contributed by atoms with Crippen molar-refractivity contribution >= 4 is 11.9 Å². The second-order valence-electron chi connectivity index (χ2n) is 5.77. The molecule has 0 saturated carbocycles. The Morgan fingerprint density at radius 3 is 2.52 bits per heavy atom. The number of pyridine rings is 1. The van der Waals surface area contributed by atoms with Gasteiger partial charge in [0.1, 0.15) is 0 Å². The highest BCUT2D eigenvalue weighted by molar-refractivity contribution is 6.01. The van der Waals surface area contributed by atoms with Gasteiger partial charge in [0.05, 0.1) is 12.0 Å². The Labute approximate surface area is 135 Å². The van der Waals surface area contributed by atoms with Crippen molar-refractivity contribution in [3.8, 4) is 0 Å². The van der Waals surface area contributed by atoms with Gasteiger partial charge in [-0.3, -0.25) is 14.7 Å². The highest BCUT2D eigenvalue weighted by Gasteiger charge is 2.47. The zero-order valence-corrected chi connectivity index (χ0v) is 13.0. The molecule has 5 nitrogen and oxygen atoms in total. The van der Waals surface area contributed by atoms with Crippen molar-refractivity contribution in [1.29, 1.82) is 0 Å². The molecule has 0 radical (unpaired) electrons. The molecule has 1 N–H and O–H groups in total. The molecule has 0 aliphatic carbocycles. The minimum Gasteiger partial charge on any atom is -0.334 e. The average molecular weight is 309 g/mol. The van der Waals surface area contributed by atoms with E-state index < -0.39 is 0 Å². The molecular weight excluding hydrogens is 290 g/mol. The monoisotopic (exact) mass is 309 g/mol. The number of nitrogens with one attached hydrogen (secondary N) is 1. The summed E-state index contributed by atoms with van der Waals surface area (Å²) in [6.45, 7) is 2.26. The molecular formula is C18H19N3O2. The van der Waals surface area contributed by atoms with E-state index in [1.807, 2.05) is 49.4 Å². The molecule has 1 aliphatic heterocycles. The van der Waals surface area contributed by atoms with Crippen LogP contribution in [0.1, 0.15) is 18.1 Å². The normalized spacial score (nSPS) is 20.0. The lowest BCUT2D eigenvalue weighted by atomic mass is 9.85. The van der Waals surface area contributed by atoms with Crippen LogP contribution in [0.4, 0.5) is 4.79 Å². The van der Waals surface area contributed by atoms with Gasteiger partial charge in [-0.1, -0.05) is 37.3 Å². The number of benzene rings is 1. The summed E-state index contributed by atoms with van der Waals surface area (Å²) in [5.41, 5.74) is 2.08. The summed E-state index contributed by atoms with van der Waals surface area (Å²) in [4.78, 5) is 29.7. The molecule has 1 saturated heterocycles. The molecule has 0 unspecified atom stereocenters. The van der Waals surface area contributed by atoms with Gasteiger partial charge >= 0.3 is 6.03 Å². The van der Waals surface area contributed by atoms with Crippen LogP contribution < -0.4 is 5.32 Å². The van der Waals surface area contributed by atoms with E-state index in [1.165, 1.54) is 4.90 Å². The zero-order valence-electron chi connectivity index (χ0n) is 13.0. The number of likely N-dealkylation sites (tertiary alicyclic amines) is 1. The van der Waals surface area contributed by atoms with Crippen LogP contribution in [0.15, 0.2) is 54.9 Å². The first kappa shape index (κ1) is 15.2. The fourth-order valence-electron chi connectivity index (χ4n) is 2.83. The smallest absolute Gasteiger partial charge is 0.324 e. The third-order valence-electron chi connectivity index (χ3n) is 4.24. The first-order chi connectivity index (χ1) is 11.2. The summed E-state index contributed by atoms with van der Waals surface area (Å²) in [7, 11) is 0. The van der Waals surface area contributed by atoms with Gasteiger partial charge < -0.3 is 5.32 Å². The van der Waals surface area contributed by atoms with Gasteiger partial charge in [-0.05, 0) is 29.7 Å². The molecule has 2 atom stereocenters. The number of nitrogens with zero attached hydrogens (tertiary/aromatic N) is 2. The second-order valence-corrected chi connectivity index (χ2v) is 5.77. The molecule has 1 aromatic heterocycles. The Balaban J connectivity index is 1.62. The standard InChI is InChI=1S/C18H19N3O2/c1-13-16(11-14-5-3-2-4-6-14)21(17(13)22)18(23)20-12-15-7-9-19-10-8-15/h2-10,13,16H,11-12H2,1H3,(H,20,23)/t13-,16-/m1/s1. The van der Waals surface area contributed by atoms with Crippen LogP contribution in [0.3, 0.4) is 0 Å². The van der Waals surface area contributed by atoms with Crippen molar-refractivity contribution in [2.45, 2.75) is 25.9 Å². The van der Waals surface area contributed by atoms with Crippen molar-refractivity contribution in [2.75, 3.05) is 0 Å². The summed E-state index contributed by atoms with van der Waals surface area (Å²) < 4.78 is 0. The van der Waals surface area contributed by atoms with E-state index in [9.17, 15) is 9.59 Å². The number of aromatic nitrogens is 1. The molecule has 23 heavy (non-hydrogen) atoms. The Morgan fingerprint density at radius 2 is 1.83 bits per heavy atom. The van der Waals surface area contributed by atoms with Gasteiger partial charge in [-0.25, -0.2) is 4.79 Å². The van der Waals surface area contributed by atoms with Crippen LogP contribution in [0, 0.1) is 5.92 Å². The summed E-state index contributed by atoms with van der Waals surface area (Å²) in [6, 6.07) is 13.2. The number of imide groups is 1. The lowest BCUT2D eigenvalue weighted by Gasteiger charge is -2.44. The van der Waals surface area contributed by atoms with E-state index in [0.717, 1.165) is 11.1 Å². The van der Waals surface area contributed by atoms with Crippen LogP contribution in [-0.2, 0) is 17.8 Å². The summed E-state index contributed by atoms with van der Waals surface area (Å²) >= 11 is 0. The van der Waals surface area contributed by atoms with Gasteiger partial charge in [0.2, 0.25) is 5.91 Å². The predicted octanol–water partition coefficient (Wildman–Crippen LogP) is 2.38. The van der Waals surface area contributed by atoms with Crippen molar-refractivity contribution in [1.82, 2.24) is 15.2 Å². The van der Waals surface area contributed by atoms with E-state index in [4.69, 9.17) is 0 Å². The van der Waals surface area contributed by atoms with Gasteiger partial charge in [-0.2, -0.15) is 0 Å². The molecule has 1 aromatic carbocycles. The van der Waals surface area contributed by atoms with E-state index in [-0.39, 0.29) is 23.9 Å². The maximum atomic E-state index is 12.3. The van der Waals surface area contributed by atoms with Crippen molar-refractivity contribution in [3.63, 3.8) is 0 Å². The van der Waals surface area contributed by atoms with Crippen LogP contribution in [-0.4, -0.2) is 27.9 Å². The zero-order chi connectivity index (χ0) is 16.2. The fraction of sp³-hybridized carbons (Fsp3) is 0.278. The maximum Gasteiger partial charge on any atom is 0.324 e. The molecule has 118 valence electrons. The number of carbonyl (C=O) groups excluding carboxylic acids is 2. The van der Waals surface area contributed by atoms with E-state index in [2.05, 4.69) is 10.3 Å². The summed E-state index contributed by atoms with van der Waals surface area (Å²) in [5, 5.41) is 2.81. The number of hydrogen-bond acceptors (Lipinski definition) is 3. The average Bonchev–Trinajstić information content (AvgIpc) is 2.61. The lowest BCUT2D eigenvalue weighted by molar-refractivity contribution is -0.148. The predicted molar refractivity (Wildman–Crippen MR) is 86.4 cm³/mol. The molecule has 1 fully saturated rings. The highest BCUT2D eigenvalue weighted by Crippen LogP contribution is 2.29. The summed E-state index contributed by atoms with van der Waals surface area (Å²) in [6.07, 6.45) is 4.05. The van der Waals surface area contributed by atoms with E-state index in [0.29, 0.717) is 13.0 Å². The van der Waals surface area contributed by atoms with Crippen LogP contribution in [0.5, 0.6) is 0 Å². The Hall–Kier alpha value is -2.69. The van der Waals surface area contributed by atoms with Crippen LogP contribution in [0.25, 0.3) is 0 Å². The fourth-order valence-corrected chi connectivity index (χ4v) is 2.83. The minimum absolute atomic E-state index is 0.0812. The first-order valence-electron chi connectivity index (χ1n) is 7.70. The second kappa shape index (κ2) is 6.60. The molecule has 1 aliphatic rings. The maximum absolute atomic E-state index is 12.3. The first-order valence-corrected chi connectivity index (χ1v) is 7.70. The number of urea groups is 1. The van der Waals surface area contributed by atoms with E-state index in [1.54, 1.807) is 12.4 Å². The van der Waals surface area contributed by atoms with Gasteiger partial charge in [0.25, 0.3) is 0 Å². The molecule has 0 bridgehead atoms. The van der Waals surface area contributed by atoms with Gasteiger partial charge in [-0.15, -0.1) is 0 Å². The molecule has 5 heteroatoms. The van der Waals surface area contributed by atoms with Gasteiger partial charge in [0.15, 0.2) is 0 Å². The van der Waals surface area contributed by atoms with Crippen molar-refractivity contribution in [2.24, 2.45) is 5.92 Å². The van der Waals surface area contributed by atoms with Crippen LogP contribution in [0.2, 0.25) is 0 Å². The number of carbonyl (C=O) groups is 2. The Kier molecular flexibility index (Phi) is 4.37. The minimum atomic E-state index is -0.328. The molecule has 0 spiro atoms. The summed E-state index contributed by atoms with van der Waals surface area (Å²) in [5.74, 6) is -0.236. The van der Waals surface area contributed by atoms with Crippen molar-refractivity contribution in [3.05, 3.63) is 66.0 Å². The number of rotatable bonds is 4. The largest absolute Gasteiger partial charge is 0.334 e. The molecule has 3 amide bonds. The highest BCUT2D eigenvalue weighted by atomic mass is 16.2. The van der Waals surface area contributed by atoms with Crippen molar-refractivity contribution < 1.29 is 9.59 Å². The van der Waals surface area contributed by atoms with Gasteiger partial charge in [0, 0.05) is 18.9 Å². The quantitative estimate of drug-likeness (QED) is 0.882. The molecule has 2 heterocycles. The lowest BCUT2D eigenvalue weighted by Crippen LogP contribution is -2.65. The topological polar surface area (TPSA) is 62.3 Å². The Morgan fingerprint density at radius 1 is 1.13 bits per heavy atom. The number of β-lactam (4-membered cyclic amide) rings is 1. The number of amides is 3. The molecule has 3 rings (SSSR count). The SMILES string of the molecule is C[C@H]1C(=O)N(C(=O)NCc2ccncc2)[C@@H]1Cc1ccccc1. The van der Waals surface area contributed by atoms with E-state index >= 15 is 0 Å². The molecule has 2 aromatic rings.